The fraction of sp³-hybridized carbons (Fsp3) is 0.857. The maximum atomic E-state index is 12.2. The molecule has 3 fully saturated rings. The molecule has 2 saturated heterocycles. The number of carbonyl (C=O) groups excluding carboxylic acids is 2. The highest BCUT2D eigenvalue weighted by Gasteiger charge is 2.38. The van der Waals surface area contributed by atoms with Gasteiger partial charge in [0.2, 0.25) is 0 Å². The Morgan fingerprint density at radius 3 is 2.53 bits per heavy atom. The Labute approximate surface area is 113 Å². The third-order valence-corrected chi connectivity index (χ3v) is 4.61. The third-order valence-electron chi connectivity index (χ3n) is 4.61. The zero-order valence-corrected chi connectivity index (χ0v) is 11.3. The van der Waals surface area contributed by atoms with Gasteiger partial charge < -0.3 is 14.5 Å². The van der Waals surface area contributed by atoms with E-state index in [9.17, 15) is 9.59 Å². The summed E-state index contributed by atoms with van der Waals surface area (Å²) in [5.41, 5.74) is 0. The van der Waals surface area contributed by atoms with E-state index < -0.39 is 0 Å². The van der Waals surface area contributed by atoms with E-state index >= 15 is 0 Å². The summed E-state index contributed by atoms with van der Waals surface area (Å²) in [4.78, 5) is 27.9. The molecule has 3 aliphatic rings. The van der Waals surface area contributed by atoms with Gasteiger partial charge in [-0.1, -0.05) is 12.8 Å². The van der Waals surface area contributed by atoms with Crippen molar-refractivity contribution in [2.45, 2.75) is 38.1 Å². The highest BCUT2D eigenvalue weighted by Crippen LogP contribution is 2.25. The van der Waals surface area contributed by atoms with Crippen LogP contribution in [-0.4, -0.2) is 60.5 Å². The Kier molecular flexibility index (Phi) is 3.73. The smallest absolute Gasteiger partial charge is 0.312 e. The Hall–Kier alpha value is -1.10. The Bertz CT molecular complexity index is 360. The van der Waals surface area contributed by atoms with E-state index in [1.165, 1.54) is 12.8 Å². The number of amides is 2. The van der Waals surface area contributed by atoms with Crippen LogP contribution in [0.3, 0.4) is 0 Å². The number of hydrogen-bond donors (Lipinski definition) is 0. The number of piperazine rings is 1. The molecule has 2 aliphatic heterocycles. The fourth-order valence-electron chi connectivity index (χ4n) is 3.47. The minimum Gasteiger partial charge on any atom is -0.381 e. The molecule has 106 valence electrons. The summed E-state index contributed by atoms with van der Waals surface area (Å²) in [5, 5.41) is 0. The van der Waals surface area contributed by atoms with Gasteiger partial charge in [0.25, 0.3) is 0 Å². The summed E-state index contributed by atoms with van der Waals surface area (Å²) in [5.74, 6) is -0.170. The van der Waals surface area contributed by atoms with Crippen LogP contribution in [0.5, 0.6) is 0 Å². The second kappa shape index (κ2) is 5.49. The predicted molar refractivity (Wildman–Crippen MR) is 69.5 cm³/mol. The summed E-state index contributed by atoms with van der Waals surface area (Å²) >= 11 is 0. The molecular weight excluding hydrogens is 244 g/mol. The van der Waals surface area contributed by atoms with E-state index in [1.807, 2.05) is 4.90 Å². The fourth-order valence-corrected chi connectivity index (χ4v) is 3.47. The second-order valence-corrected chi connectivity index (χ2v) is 5.92. The first-order chi connectivity index (χ1) is 9.25. The molecular formula is C14H22N2O3. The molecule has 2 amide bonds. The second-order valence-electron chi connectivity index (χ2n) is 5.92. The summed E-state index contributed by atoms with van der Waals surface area (Å²) in [7, 11) is 0. The van der Waals surface area contributed by atoms with Crippen molar-refractivity contribution in [2.75, 3.05) is 32.8 Å². The lowest BCUT2D eigenvalue weighted by molar-refractivity contribution is -0.158. The largest absolute Gasteiger partial charge is 0.381 e. The zero-order chi connectivity index (χ0) is 13.2. The molecule has 1 saturated carbocycles. The zero-order valence-electron chi connectivity index (χ0n) is 11.3. The molecule has 0 aromatic carbocycles. The van der Waals surface area contributed by atoms with E-state index in [-0.39, 0.29) is 11.8 Å². The van der Waals surface area contributed by atoms with E-state index in [1.54, 1.807) is 4.90 Å². The summed E-state index contributed by atoms with van der Waals surface area (Å²) in [6.07, 6.45) is 5.51. The summed E-state index contributed by atoms with van der Waals surface area (Å²) in [6, 6.07) is 0.313. The van der Waals surface area contributed by atoms with Gasteiger partial charge >= 0.3 is 11.8 Å². The van der Waals surface area contributed by atoms with Gasteiger partial charge in [-0.15, -0.1) is 0 Å². The van der Waals surface area contributed by atoms with Crippen LogP contribution in [0.1, 0.15) is 32.1 Å². The quantitative estimate of drug-likeness (QED) is 0.704. The van der Waals surface area contributed by atoms with Gasteiger partial charge in [-0.2, -0.15) is 0 Å². The van der Waals surface area contributed by atoms with Crippen LogP contribution in [0.25, 0.3) is 0 Å². The molecule has 1 atom stereocenters. The first kappa shape index (κ1) is 12.9. The maximum Gasteiger partial charge on any atom is 0.312 e. The lowest BCUT2D eigenvalue weighted by Gasteiger charge is -2.37. The molecule has 1 aliphatic carbocycles. The average Bonchev–Trinajstić information content (AvgIpc) is 3.08. The average molecular weight is 266 g/mol. The predicted octanol–water partition coefficient (Wildman–Crippen LogP) is 0.636. The van der Waals surface area contributed by atoms with Gasteiger partial charge in [-0.3, -0.25) is 9.59 Å². The maximum absolute atomic E-state index is 12.2. The van der Waals surface area contributed by atoms with Crippen molar-refractivity contribution in [3.63, 3.8) is 0 Å². The van der Waals surface area contributed by atoms with E-state index in [4.69, 9.17) is 4.74 Å². The Balaban J connectivity index is 1.59. The van der Waals surface area contributed by atoms with Crippen LogP contribution in [0.2, 0.25) is 0 Å². The summed E-state index contributed by atoms with van der Waals surface area (Å²) in [6.45, 7) is 3.60. The highest BCUT2D eigenvalue weighted by atomic mass is 16.5. The van der Waals surface area contributed by atoms with Crippen molar-refractivity contribution in [3.05, 3.63) is 0 Å². The van der Waals surface area contributed by atoms with Crippen molar-refractivity contribution >= 4 is 11.8 Å². The first-order valence-corrected chi connectivity index (χ1v) is 7.43. The number of carbonyl (C=O) groups is 2. The van der Waals surface area contributed by atoms with Gasteiger partial charge in [0, 0.05) is 38.2 Å². The standard InChI is InChI=1S/C14H22N2O3/c17-13-14(18)16(12-3-1-2-4-12)7-6-15(13)9-11-5-8-19-10-11/h11-12H,1-10H2. The molecule has 5 nitrogen and oxygen atoms in total. The van der Waals surface area contributed by atoms with E-state index in [0.29, 0.717) is 31.6 Å². The Morgan fingerprint density at radius 1 is 1.05 bits per heavy atom. The minimum absolute atomic E-state index is 0.280. The number of nitrogens with zero attached hydrogens (tertiary/aromatic N) is 2. The molecule has 0 aromatic rings. The lowest BCUT2D eigenvalue weighted by atomic mass is 10.1. The molecule has 0 N–H and O–H groups in total. The van der Waals surface area contributed by atoms with Gasteiger partial charge in [-0.25, -0.2) is 0 Å². The number of rotatable bonds is 3. The third kappa shape index (κ3) is 2.61. The van der Waals surface area contributed by atoms with E-state index in [0.717, 1.165) is 32.5 Å². The minimum atomic E-state index is -0.301. The Morgan fingerprint density at radius 2 is 1.84 bits per heavy atom. The molecule has 0 radical (unpaired) electrons. The van der Waals surface area contributed by atoms with Crippen LogP contribution >= 0.6 is 0 Å². The van der Waals surface area contributed by atoms with Crippen LogP contribution in [0.15, 0.2) is 0 Å². The molecule has 3 rings (SSSR count). The van der Waals surface area contributed by atoms with Crippen LogP contribution < -0.4 is 0 Å². The topological polar surface area (TPSA) is 49.9 Å². The number of ether oxygens (including phenoxy) is 1. The highest BCUT2D eigenvalue weighted by molar-refractivity contribution is 6.35. The van der Waals surface area contributed by atoms with Crippen molar-refractivity contribution in [1.82, 2.24) is 9.80 Å². The van der Waals surface area contributed by atoms with Crippen LogP contribution in [-0.2, 0) is 14.3 Å². The van der Waals surface area contributed by atoms with Gasteiger partial charge in [0.15, 0.2) is 0 Å². The number of hydrogen-bond acceptors (Lipinski definition) is 3. The van der Waals surface area contributed by atoms with Crippen LogP contribution in [0.4, 0.5) is 0 Å². The van der Waals surface area contributed by atoms with Crippen molar-refractivity contribution in [3.8, 4) is 0 Å². The molecule has 0 bridgehead atoms. The monoisotopic (exact) mass is 266 g/mol. The normalized spacial score (nSPS) is 29.6. The molecule has 0 aromatic heterocycles. The molecule has 0 spiro atoms. The lowest BCUT2D eigenvalue weighted by Crippen LogP contribution is -2.57. The molecule has 5 heteroatoms. The van der Waals surface area contributed by atoms with Crippen molar-refractivity contribution in [2.24, 2.45) is 5.92 Å². The summed E-state index contributed by atoms with van der Waals surface area (Å²) < 4.78 is 5.33. The van der Waals surface area contributed by atoms with Crippen molar-refractivity contribution < 1.29 is 14.3 Å². The van der Waals surface area contributed by atoms with Gasteiger partial charge in [-0.05, 0) is 19.3 Å². The first-order valence-electron chi connectivity index (χ1n) is 7.43. The van der Waals surface area contributed by atoms with Gasteiger partial charge in [0.1, 0.15) is 0 Å². The molecule has 19 heavy (non-hydrogen) atoms. The van der Waals surface area contributed by atoms with Crippen molar-refractivity contribution in [1.29, 1.82) is 0 Å². The van der Waals surface area contributed by atoms with E-state index in [2.05, 4.69) is 0 Å². The molecule has 2 heterocycles. The van der Waals surface area contributed by atoms with Gasteiger partial charge in [0.05, 0.1) is 6.61 Å². The van der Waals surface area contributed by atoms with Crippen LogP contribution in [0, 0.1) is 5.92 Å². The SMILES string of the molecule is O=C1C(=O)N(C2CCCC2)CCN1CC1CCOC1. The molecule has 1 unspecified atom stereocenters.